The number of amides is 1. The maximum absolute atomic E-state index is 12.5. The topological polar surface area (TPSA) is 55.2 Å². The van der Waals surface area contributed by atoms with Gasteiger partial charge < -0.3 is 4.90 Å². The van der Waals surface area contributed by atoms with Crippen LogP contribution in [0.1, 0.15) is 57.1 Å². The summed E-state index contributed by atoms with van der Waals surface area (Å²) < 4.78 is 1.63. The first-order valence-electron chi connectivity index (χ1n) is 10.0. The van der Waals surface area contributed by atoms with Gasteiger partial charge in [-0.2, -0.15) is 5.10 Å². The predicted octanol–water partition coefficient (Wildman–Crippen LogP) is 3.96. The van der Waals surface area contributed by atoms with Crippen molar-refractivity contribution in [3.05, 3.63) is 52.3 Å². The highest BCUT2D eigenvalue weighted by Gasteiger charge is 2.25. The van der Waals surface area contributed by atoms with E-state index < -0.39 is 0 Å². The number of unbranched alkanes of at least 4 members (excludes halogenated alkanes) is 2. The van der Waals surface area contributed by atoms with Crippen LogP contribution in [0.15, 0.2) is 41.2 Å². The third kappa shape index (κ3) is 4.65. The number of rotatable bonds is 6. The van der Waals surface area contributed by atoms with E-state index in [1.54, 1.807) is 10.7 Å². The van der Waals surface area contributed by atoms with Crippen molar-refractivity contribution >= 4 is 5.91 Å². The van der Waals surface area contributed by atoms with E-state index in [1.165, 1.54) is 0 Å². The minimum Gasteiger partial charge on any atom is -0.343 e. The normalized spacial score (nSPS) is 15.1. The third-order valence-electron chi connectivity index (χ3n) is 5.35. The van der Waals surface area contributed by atoms with Gasteiger partial charge in [0.1, 0.15) is 0 Å². The highest BCUT2D eigenvalue weighted by molar-refractivity contribution is 5.76. The summed E-state index contributed by atoms with van der Waals surface area (Å²) in [6, 6.07) is 11.7. The van der Waals surface area contributed by atoms with Gasteiger partial charge in [0, 0.05) is 31.1 Å². The lowest BCUT2D eigenvalue weighted by atomic mass is 10.0. The molecule has 3 rings (SSSR count). The fourth-order valence-electron chi connectivity index (χ4n) is 3.74. The Morgan fingerprint density at radius 3 is 2.52 bits per heavy atom. The molecule has 27 heavy (non-hydrogen) atoms. The van der Waals surface area contributed by atoms with Gasteiger partial charge >= 0.3 is 0 Å². The van der Waals surface area contributed by atoms with Crippen molar-refractivity contribution in [3.63, 3.8) is 0 Å². The summed E-state index contributed by atoms with van der Waals surface area (Å²) in [6.45, 7) is 5.49. The molecular weight excluding hydrogens is 338 g/mol. The van der Waals surface area contributed by atoms with E-state index in [1.807, 2.05) is 42.2 Å². The van der Waals surface area contributed by atoms with Crippen molar-refractivity contribution in [1.82, 2.24) is 14.7 Å². The van der Waals surface area contributed by atoms with Gasteiger partial charge in [0.05, 0.1) is 11.7 Å². The summed E-state index contributed by atoms with van der Waals surface area (Å²) in [5, 5.41) is 4.70. The zero-order chi connectivity index (χ0) is 19.2. The summed E-state index contributed by atoms with van der Waals surface area (Å²) in [6.07, 6.45) is 5.40. The van der Waals surface area contributed by atoms with Gasteiger partial charge in [-0.15, -0.1) is 0 Å². The summed E-state index contributed by atoms with van der Waals surface area (Å²) in [5.41, 5.74) is 2.71. The Hall–Kier alpha value is -2.43. The molecule has 1 aliphatic heterocycles. The van der Waals surface area contributed by atoms with E-state index in [-0.39, 0.29) is 17.5 Å². The standard InChI is InChI=1S/C22H29N3O2/c1-3-4-6-11-20(26)24-14-12-19(13-15-24)25-21(27)16-17(2)22(23-25)18-9-7-5-8-10-18/h5,7-10,16,19H,3-4,6,11-15H2,1-2H3. The zero-order valence-electron chi connectivity index (χ0n) is 16.4. The van der Waals surface area contributed by atoms with Crippen molar-refractivity contribution in [1.29, 1.82) is 0 Å². The van der Waals surface area contributed by atoms with Gasteiger partial charge in [-0.05, 0) is 31.7 Å². The summed E-state index contributed by atoms with van der Waals surface area (Å²) in [5.74, 6) is 0.246. The van der Waals surface area contributed by atoms with Gasteiger partial charge in [0.25, 0.3) is 5.56 Å². The van der Waals surface area contributed by atoms with E-state index in [2.05, 4.69) is 6.92 Å². The molecule has 0 radical (unpaired) electrons. The fourth-order valence-corrected chi connectivity index (χ4v) is 3.74. The molecule has 1 aromatic carbocycles. The highest BCUT2D eigenvalue weighted by Crippen LogP contribution is 2.24. The van der Waals surface area contributed by atoms with Crippen LogP contribution in [-0.4, -0.2) is 33.7 Å². The van der Waals surface area contributed by atoms with Crippen LogP contribution < -0.4 is 5.56 Å². The second-order valence-corrected chi connectivity index (χ2v) is 7.39. The lowest BCUT2D eigenvalue weighted by molar-refractivity contribution is -0.132. The second kappa shape index (κ2) is 8.98. The average Bonchev–Trinajstić information content (AvgIpc) is 2.69. The molecule has 1 fully saturated rings. The minimum atomic E-state index is -0.0556. The number of hydrogen-bond acceptors (Lipinski definition) is 3. The van der Waals surface area contributed by atoms with E-state index in [9.17, 15) is 9.59 Å². The number of nitrogens with zero attached hydrogens (tertiary/aromatic N) is 3. The molecule has 1 aliphatic rings. The Balaban J connectivity index is 1.71. The molecule has 5 nitrogen and oxygen atoms in total. The maximum Gasteiger partial charge on any atom is 0.267 e. The van der Waals surface area contributed by atoms with Crippen LogP contribution in [0.25, 0.3) is 11.3 Å². The van der Waals surface area contributed by atoms with Gasteiger partial charge in [0.2, 0.25) is 5.91 Å². The molecule has 0 spiro atoms. The summed E-state index contributed by atoms with van der Waals surface area (Å²) in [4.78, 5) is 26.8. The Bertz CT molecular complexity index is 821. The average molecular weight is 367 g/mol. The van der Waals surface area contributed by atoms with E-state index in [0.29, 0.717) is 19.5 Å². The number of carbonyl (C=O) groups excluding carboxylic acids is 1. The number of likely N-dealkylation sites (tertiary alicyclic amines) is 1. The highest BCUT2D eigenvalue weighted by atomic mass is 16.2. The van der Waals surface area contributed by atoms with Crippen molar-refractivity contribution in [3.8, 4) is 11.3 Å². The molecule has 2 aromatic rings. The monoisotopic (exact) mass is 367 g/mol. The molecule has 1 amide bonds. The van der Waals surface area contributed by atoms with Crippen LogP contribution in [0.3, 0.4) is 0 Å². The number of benzene rings is 1. The van der Waals surface area contributed by atoms with Crippen molar-refractivity contribution < 1.29 is 4.79 Å². The molecule has 1 saturated heterocycles. The molecule has 1 aromatic heterocycles. The Labute approximate surface area is 161 Å². The lowest BCUT2D eigenvalue weighted by Crippen LogP contribution is -2.41. The predicted molar refractivity (Wildman–Crippen MR) is 108 cm³/mol. The van der Waals surface area contributed by atoms with Crippen LogP contribution in [0.2, 0.25) is 0 Å². The lowest BCUT2D eigenvalue weighted by Gasteiger charge is -2.32. The quantitative estimate of drug-likeness (QED) is 0.726. The van der Waals surface area contributed by atoms with Crippen molar-refractivity contribution in [2.45, 2.75) is 58.4 Å². The van der Waals surface area contributed by atoms with Gasteiger partial charge in [-0.3, -0.25) is 9.59 Å². The number of aryl methyl sites for hydroxylation is 1. The molecule has 0 unspecified atom stereocenters. The number of aromatic nitrogens is 2. The molecule has 0 aliphatic carbocycles. The minimum absolute atomic E-state index is 0.0556. The van der Waals surface area contributed by atoms with Crippen LogP contribution in [0, 0.1) is 6.92 Å². The Morgan fingerprint density at radius 2 is 1.85 bits per heavy atom. The zero-order valence-corrected chi connectivity index (χ0v) is 16.4. The molecule has 144 valence electrons. The van der Waals surface area contributed by atoms with Gasteiger partial charge in [-0.25, -0.2) is 4.68 Å². The van der Waals surface area contributed by atoms with Crippen LogP contribution >= 0.6 is 0 Å². The fraction of sp³-hybridized carbons (Fsp3) is 0.500. The van der Waals surface area contributed by atoms with E-state index in [4.69, 9.17) is 5.10 Å². The Morgan fingerprint density at radius 1 is 1.15 bits per heavy atom. The van der Waals surface area contributed by atoms with E-state index >= 15 is 0 Å². The molecule has 0 N–H and O–H groups in total. The number of piperidine rings is 1. The SMILES string of the molecule is CCCCCC(=O)N1CCC(n2nc(-c3ccccc3)c(C)cc2=O)CC1. The first-order valence-corrected chi connectivity index (χ1v) is 10.0. The molecule has 0 saturated carbocycles. The largest absolute Gasteiger partial charge is 0.343 e. The van der Waals surface area contributed by atoms with Crippen LogP contribution in [0.4, 0.5) is 0 Å². The molecular formula is C22H29N3O2. The van der Waals surface area contributed by atoms with Crippen molar-refractivity contribution in [2.75, 3.05) is 13.1 Å². The smallest absolute Gasteiger partial charge is 0.267 e. The first-order chi connectivity index (χ1) is 13.1. The molecule has 0 bridgehead atoms. The van der Waals surface area contributed by atoms with Crippen LogP contribution in [-0.2, 0) is 4.79 Å². The molecule has 0 atom stereocenters. The van der Waals surface area contributed by atoms with E-state index in [0.717, 1.165) is 48.9 Å². The summed E-state index contributed by atoms with van der Waals surface area (Å²) >= 11 is 0. The second-order valence-electron chi connectivity index (χ2n) is 7.39. The van der Waals surface area contributed by atoms with Crippen molar-refractivity contribution in [2.24, 2.45) is 0 Å². The number of hydrogen-bond donors (Lipinski definition) is 0. The first kappa shape index (κ1) is 19.3. The molecule has 5 heteroatoms. The Kier molecular flexibility index (Phi) is 6.43. The number of carbonyl (C=O) groups is 1. The van der Waals surface area contributed by atoms with Gasteiger partial charge in [0.15, 0.2) is 0 Å². The van der Waals surface area contributed by atoms with Crippen LogP contribution in [0.5, 0.6) is 0 Å². The van der Waals surface area contributed by atoms with Gasteiger partial charge in [-0.1, -0.05) is 50.1 Å². The summed E-state index contributed by atoms with van der Waals surface area (Å²) in [7, 11) is 0. The maximum atomic E-state index is 12.5. The molecule has 2 heterocycles. The third-order valence-corrected chi connectivity index (χ3v) is 5.35.